The molecule has 0 aliphatic rings. The van der Waals surface area contributed by atoms with Crippen molar-refractivity contribution in [3.8, 4) is 0 Å². The molecule has 0 fully saturated rings. The minimum atomic E-state index is 0.573. The van der Waals surface area contributed by atoms with E-state index in [-0.39, 0.29) is 0 Å². The summed E-state index contributed by atoms with van der Waals surface area (Å²) in [5, 5.41) is 3.90. The van der Waals surface area contributed by atoms with E-state index in [0.29, 0.717) is 5.15 Å². The van der Waals surface area contributed by atoms with Gasteiger partial charge in [0.1, 0.15) is 5.15 Å². The second kappa shape index (κ2) is 2.97. The van der Waals surface area contributed by atoms with Crippen molar-refractivity contribution in [2.45, 2.75) is 0 Å². The first-order chi connectivity index (χ1) is 7.25. The Labute approximate surface area is 92.1 Å². The molecule has 0 bridgehead atoms. The Morgan fingerprint density at radius 2 is 1.80 bits per heavy atom. The van der Waals surface area contributed by atoms with Crippen molar-refractivity contribution in [3.63, 3.8) is 0 Å². The van der Waals surface area contributed by atoms with Crippen LogP contribution in [-0.2, 0) is 7.05 Å². The fourth-order valence-corrected chi connectivity index (χ4v) is 2.17. The standard InChI is InChI=1S/C12H9ClN2/c1-15-6-9-8-4-2-3-5-11(8)14-12(13)10(9)7-15/h2-7H,1H3. The van der Waals surface area contributed by atoms with Crippen LogP contribution in [0.5, 0.6) is 0 Å². The number of aryl methyl sites for hydroxylation is 1. The van der Waals surface area contributed by atoms with E-state index in [0.717, 1.165) is 21.7 Å². The summed E-state index contributed by atoms with van der Waals surface area (Å²) in [7, 11) is 1.99. The summed E-state index contributed by atoms with van der Waals surface area (Å²) in [6.07, 6.45) is 4.07. The van der Waals surface area contributed by atoms with Crippen molar-refractivity contribution < 1.29 is 0 Å². The largest absolute Gasteiger partial charge is 0.356 e. The zero-order valence-corrected chi connectivity index (χ0v) is 8.99. The van der Waals surface area contributed by atoms with Crippen LogP contribution in [-0.4, -0.2) is 9.55 Å². The molecular formula is C12H9ClN2. The maximum Gasteiger partial charge on any atom is 0.139 e. The smallest absolute Gasteiger partial charge is 0.139 e. The molecule has 0 saturated heterocycles. The van der Waals surface area contributed by atoms with Crippen LogP contribution in [0.2, 0.25) is 5.15 Å². The number of pyridine rings is 1. The van der Waals surface area contributed by atoms with Crippen LogP contribution in [0, 0.1) is 0 Å². The summed E-state index contributed by atoms with van der Waals surface area (Å²) in [6, 6.07) is 8.04. The second-order valence-corrected chi connectivity index (χ2v) is 4.03. The van der Waals surface area contributed by atoms with Crippen molar-refractivity contribution >= 4 is 33.3 Å². The van der Waals surface area contributed by atoms with Gasteiger partial charge in [-0.05, 0) is 6.07 Å². The Balaban J connectivity index is 2.63. The summed E-state index contributed by atoms with van der Waals surface area (Å²) in [4.78, 5) is 4.37. The number of para-hydroxylation sites is 1. The van der Waals surface area contributed by atoms with Crippen LogP contribution < -0.4 is 0 Å². The number of aromatic nitrogens is 2. The predicted octanol–water partition coefficient (Wildman–Crippen LogP) is 3.38. The van der Waals surface area contributed by atoms with Crippen molar-refractivity contribution in [3.05, 3.63) is 41.8 Å². The van der Waals surface area contributed by atoms with E-state index in [1.165, 1.54) is 0 Å². The molecule has 0 aliphatic heterocycles. The van der Waals surface area contributed by atoms with Gasteiger partial charge in [0.25, 0.3) is 0 Å². The number of halogens is 1. The van der Waals surface area contributed by atoms with Crippen LogP contribution in [0.1, 0.15) is 0 Å². The van der Waals surface area contributed by atoms with E-state index in [4.69, 9.17) is 11.6 Å². The molecule has 0 unspecified atom stereocenters. The molecule has 74 valence electrons. The Bertz CT molecular complexity index is 655. The number of nitrogens with zero attached hydrogens (tertiary/aromatic N) is 2. The molecule has 0 saturated carbocycles. The zero-order chi connectivity index (χ0) is 10.4. The van der Waals surface area contributed by atoms with Crippen molar-refractivity contribution in [1.82, 2.24) is 9.55 Å². The molecule has 0 amide bonds. The molecule has 3 heteroatoms. The van der Waals surface area contributed by atoms with Crippen LogP contribution in [0.4, 0.5) is 0 Å². The van der Waals surface area contributed by atoms with Gasteiger partial charge in [0.2, 0.25) is 0 Å². The average Bonchev–Trinajstić information content (AvgIpc) is 2.61. The number of benzene rings is 1. The van der Waals surface area contributed by atoms with Gasteiger partial charge in [-0.15, -0.1) is 0 Å². The van der Waals surface area contributed by atoms with Crippen LogP contribution in [0.25, 0.3) is 21.7 Å². The Morgan fingerprint density at radius 3 is 2.67 bits per heavy atom. The molecule has 1 aromatic carbocycles. The monoisotopic (exact) mass is 216 g/mol. The third-order valence-electron chi connectivity index (χ3n) is 2.59. The molecule has 0 spiro atoms. The summed E-state index contributed by atoms with van der Waals surface area (Å²) >= 11 is 6.12. The lowest BCUT2D eigenvalue weighted by Gasteiger charge is -1.99. The zero-order valence-electron chi connectivity index (χ0n) is 8.24. The Hall–Kier alpha value is -1.54. The second-order valence-electron chi connectivity index (χ2n) is 3.67. The van der Waals surface area contributed by atoms with E-state index in [1.807, 2.05) is 36.0 Å². The van der Waals surface area contributed by atoms with E-state index >= 15 is 0 Å². The molecular weight excluding hydrogens is 208 g/mol. The minimum Gasteiger partial charge on any atom is -0.356 e. The Morgan fingerprint density at radius 1 is 1.07 bits per heavy atom. The van der Waals surface area contributed by atoms with E-state index in [9.17, 15) is 0 Å². The third kappa shape index (κ3) is 1.22. The lowest BCUT2D eigenvalue weighted by atomic mass is 10.1. The average molecular weight is 217 g/mol. The fraction of sp³-hybridized carbons (Fsp3) is 0.0833. The van der Waals surface area contributed by atoms with Crippen LogP contribution >= 0.6 is 11.6 Å². The summed E-state index contributed by atoms with van der Waals surface area (Å²) in [6.45, 7) is 0. The van der Waals surface area contributed by atoms with Gasteiger partial charge in [0.15, 0.2) is 0 Å². The molecule has 2 heterocycles. The van der Waals surface area contributed by atoms with Crippen molar-refractivity contribution in [2.75, 3.05) is 0 Å². The van der Waals surface area contributed by atoms with Crippen LogP contribution in [0.15, 0.2) is 36.7 Å². The third-order valence-corrected chi connectivity index (χ3v) is 2.88. The first-order valence-corrected chi connectivity index (χ1v) is 5.13. The highest BCUT2D eigenvalue weighted by molar-refractivity contribution is 6.35. The van der Waals surface area contributed by atoms with Gasteiger partial charge in [-0.3, -0.25) is 0 Å². The number of rotatable bonds is 0. The quantitative estimate of drug-likeness (QED) is 0.527. The molecule has 15 heavy (non-hydrogen) atoms. The molecule has 3 aromatic rings. The summed E-state index contributed by atoms with van der Waals surface area (Å²) in [5.41, 5.74) is 0.946. The van der Waals surface area contributed by atoms with Crippen molar-refractivity contribution in [1.29, 1.82) is 0 Å². The summed E-state index contributed by atoms with van der Waals surface area (Å²) < 4.78 is 2.00. The van der Waals surface area contributed by atoms with E-state index in [2.05, 4.69) is 17.2 Å². The molecule has 0 radical (unpaired) electrons. The number of hydrogen-bond donors (Lipinski definition) is 0. The van der Waals surface area contributed by atoms with Crippen molar-refractivity contribution in [2.24, 2.45) is 7.05 Å². The topological polar surface area (TPSA) is 17.8 Å². The van der Waals surface area contributed by atoms with E-state index < -0.39 is 0 Å². The highest BCUT2D eigenvalue weighted by Crippen LogP contribution is 2.29. The molecule has 0 N–H and O–H groups in total. The Kier molecular flexibility index (Phi) is 1.73. The maximum atomic E-state index is 6.12. The fourth-order valence-electron chi connectivity index (χ4n) is 1.93. The SMILES string of the molecule is Cn1cc2c(Cl)nc3ccccc3c2c1. The minimum absolute atomic E-state index is 0.573. The van der Waals surface area contributed by atoms with Crippen LogP contribution in [0.3, 0.4) is 0 Å². The van der Waals surface area contributed by atoms with Gasteiger partial charge in [-0.2, -0.15) is 0 Å². The van der Waals surface area contributed by atoms with E-state index in [1.54, 1.807) is 0 Å². The van der Waals surface area contributed by atoms with Gasteiger partial charge >= 0.3 is 0 Å². The summed E-state index contributed by atoms with van der Waals surface area (Å²) in [5.74, 6) is 0. The van der Waals surface area contributed by atoms with Gasteiger partial charge in [0, 0.05) is 35.6 Å². The highest BCUT2D eigenvalue weighted by Gasteiger charge is 2.07. The number of fused-ring (bicyclic) bond motifs is 3. The number of hydrogen-bond acceptors (Lipinski definition) is 1. The first-order valence-electron chi connectivity index (χ1n) is 4.75. The van der Waals surface area contributed by atoms with Gasteiger partial charge < -0.3 is 4.57 Å². The maximum absolute atomic E-state index is 6.12. The molecule has 0 aliphatic carbocycles. The lowest BCUT2D eigenvalue weighted by Crippen LogP contribution is -1.80. The predicted molar refractivity (Wildman–Crippen MR) is 63.2 cm³/mol. The molecule has 3 rings (SSSR count). The van der Waals surface area contributed by atoms with Gasteiger partial charge in [0.05, 0.1) is 5.52 Å². The highest BCUT2D eigenvalue weighted by atomic mass is 35.5. The molecule has 2 nitrogen and oxygen atoms in total. The normalized spacial score (nSPS) is 11.3. The molecule has 0 atom stereocenters. The van der Waals surface area contributed by atoms with Gasteiger partial charge in [-0.25, -0.2) is 4.98 Å². The molecule has 2 aromatic heterocycles. The first kappa shape index (κ1) is 8.74. The lowest BCUT2D eigenvalue weighted by molar-refractivity contribution is 0.934. The van der Waals surface area contributed by atoms with Gasteiger partial charge in [-0.1, -0.05) is 29.8 Å².